The molecule has 2 heterocycles. The Kier molecular flexibility index (Phi) is 5.46. The summed E-state index contributed by atoms with van der Waals surface area (Å²) < 4.78 is 28.9. The van der Waals surface area contributed by atoms with Gasteiger partial charge in [0.25, 0.3) is 0 Å². The highest BCUT2D eigenvalue weighted by atomic mass is 16.8. The van der Waals surface area contributed by atoms with E-state index in [0.717, 1.165) is 11.3 Å². The molecule has 0 aliphatic carbocycles. The van der Waals surface area contributed by atoms with Crippen LogP contribution >= 0.6 is 0 Å². The van der Waals surface area contributed by atoms with Crippen molar-refractivity contribution < 1.29 is 28.8 Å². The molecule has 0 aromatic heterocycles. The molecule has 3 rings (SSSR count). The first kappa shape index (κ1) is 18.4. The van der Waals surface area contributed by atoms with Crippen LogP contribution in [-0.2, 0) is 25.6 Å². The van der Waals surface area contributed by atoms with E-state index in [1.165, 1.54) is 0 Å². The molecule has 2 saturated heterocycles. The van der Waals surface area contributed by atoms with Gasteiger partial charge in [0, 0.05) is 0 Å². The maximum absolute atomic E-state index is 10.3. The van der Waals surface area contributed by atoms with Crippen molar-refractivity contribution in [2.45, 2.75) is 63.4 Å². The molecule has 0 amide bonds. The summed E-state index contributed by atoms with van der Waals surface area (Å²) >= 11 is 0. The Labute approximate surface area is 148 Å². The largest absolute Gasteiger partial charge is 0.497 e. The molecule has 1 N–H and O–H groups in total. The molecule has 0 radical (unpaired) electrons. The quantitative estimate of drug-likeness (QED) is 0.762. The third kappa shape index (κ3) is 4.04. The molecule has 2 fully saturated rings. The second-order valence-corrected chi connectivity index (χ2v) is 6.78. The van der Waals surface area contributed by atoms with Gasteiger partial charge >= 0.3 is 0 Å². The number of rotatable bonds is 7. The lowest BCUT2D eigenvalue weighted by Crippen LogP contribution is -2.38. The second-order valence-electron chi connectivity index (χ2n) is 6.78. The number of aliphatic hydroxyl groups excluding tert-OH is 1. The van der Waals surface area contributed by atoms with Crippen LogP contribution in [0.15, 0.2) is 36.9 Å². The van der Waals surface area contributed by atoms with E-state index < -0.39 is 24.3 Å². The lowest BCUT2D eigenvalue weighted by molar-refractivity contribution is -0.245. The van der Waals surface area contributed by atoms with Gasteiger partial charge in [-0.2, -0.15) is 0 Å². The third-order valence-corrected chi connectivity index (χ3v) is 4.41. The summed E-state index contributed by atoms with van der Waals surface area (Å²) in [6.45, 7) is 7.73. The van der Waals surface area contributed by atoms with E-state index in [0.29, 0.717) is 13.0 Å². The molecule has 1 aromatic rings. The van der Waals surface area contributed by atoms with Gasteiger partial charge in [-0.25, -0.2) is 0 Å². The predicted octanol–water partition coefficient (Wildman–Crippen LogP) is 2.39. The lowest BCUT2D eigenvalue weighted by atomic mass is 10.0. The normalized spacial score (nSPS) is 31.5. The van der Waals surface area contributed by atoms with Crippen LogP contribution in [0, 0.1) is 0 Å². The zero-order valence-corrected chi connectivity index (χ0v) is 14.9. The minimum atomic E-state index is -0.729. The molecule has 0 spiro atoms. The van der Waals surface area contributed by atoms with E-state index in [1.807, 2.05) is 38.1 Å². The third-order valence-electron chi connectivity index (χ3n) is 4.41. The first-order valence-corrected chi connectivity index (χ1v) is 8.48. The van der Waals surface area contributed by atoms with Crippen LogP contribution in [-0.4, -0.2) is 48.7 Å². The van der Waals surface area contributed by atoms with Gasteiger partial charge in [-0.05, 0) is 38.0 Å². The first-order chi connectivity index (χ1) is 11.9. The van der Waals surface area contributed by atoms with Gasteiger partial charge in [-0.1, -0.05) is 18.2 Å². The van der Waals surface area contributed by atoms with Crippen LogP contribution < -0.4 is 4.74 Å². The Morgan fingerprint density at radius 1 is 1.24 bits per heavy atom. The Balaban J connectivity index is 1.66. The minimum absolute atomic E-state index is 0.367. The van der Waals surface area contributed by atoms with Crippen molar-refractivity contribution in [3.05, 3.63) is 42.5 Å². The molecule has 138 valence electrons. The standard InChI is InChI=1S/C19H26O6/c1-5-6-14(20)15-16-17(25-19(2,3)24-16)18(23-15)22-11-12-7-9-13(21-4)10-8-12/h5,7-10,14-18,20H,1,6,11H2,2-4H3/t14-,15+,16-,17-,18-/m0/s1. The molecule has 2 aliphatic rings. The molecule has 0 saturated carbocycles. The summed E-state index contributed by atoms with van der Waals surface area (Å²) in [6, 6.07) is 7.63. The van der Waals surface area contributed by atoms with E-state index in [-0.39, 0.29) is 12.2 Å². The maximum Gasteiger partial charge on any atom is 0.187 e. The number of ether oxygens (including phenoxy) is 5. The van der Waals surface area contributed by atoms with E-state index in [9.17, 15) is 5.11 Å². The topological polar surface area (TPSA) is 66.4 Å². The zero-order valence-electron chi connectivity index (χ0n) is 14.9. The average molecular weight is 350 g/mol. The van der Waals surface area contributed by atoms with Crippen LogP contribution in [0.1, 0.15) is 25.8 Å². The van der Waals surface area contributed by atoms with E-state index >= 15 is 0 Å². The number of methoxy groups -OCH3 is 1. The molecule has 0 unspecified atom stereocenters. The van der Waals surface area contributed by atoms with Gasteiger partial charge in [0.1, 0.15) is 24.1 Å². The summed E-state index contributed by atoms with van der Waals surface area (Å²) in [4.78, 5) is 0. The highest BCUT2D eigenvalue weighted by molar-refractivity contribution is 5.26. The van der Waals surface area contributed by atoms with E-state index in [4.69, 9.17) is 23.7 Å². The van der Waals surface area contributed by atoms with Crippen molar-refractivity contribution in [2.24, 2.45) is 0 Å². The molecule has 25 heavy (non-hydrogen) atoms. The Hall–Kier alpha value is -1.44. The van der Waals surface area contributed by atoms with Crippen molar-refractivity contribution in [3.63, 3.8) is 0 Å². The van der Waals surface area contributed by atoms with Crippen molar-refractivity contribution in [1.29, 1.82) is 0 Å². The molecular formula is C19H26O6. The molecule has 6 heteroatoms. The van der Waals surface area contributed by atoms with Gasteiger partial charge in [0.2, 0.25) is 0 Å². The molecule has 6 nitrogen and oxygen atoms in total. The van der Waals surface area contributed by atoms with Crippen molar-refractivity contribution in [1.82, 2.24) is 0 Å². The fourth-order valence-electron chi connectivity index (χ4n) is 3.24. The fourth-order valence-corrected chi connectivity index (χ4v) is 3.24. The van der Waals surface area contributed by atoms with Gasteiger partial charge in [-0.3, -0.25) is 0 Å². The van der Waals surface area contributed by atoms with Gasteiger partial charge in [0.05, 0.1) is 19.8 Å². The first-order valence-electron chi connectivity index (χ1n) is 8.48. The van der Waals surface area contributed by atoms with Crippen molar-refractivity contribution in [2.75, 3.05) is 7.11 Å². The number of hydrogen-bond acceptors (Lipinski definition) is 6. The van der Waals surface area contributed by atoms with Gasteiger partial charge in [-0.15, -0.1) is 6.58 Å². The second kappa shape index (κ2) is 7.43. The average Bonchev–Trinajstić information content (AvgIpc) is 3.07. The SMILES string of the molecule is C=CC[C@H](O)[C@H]1O[C@H](OCc2ccc(OC)cc2)[C@H]2OC(C)(C)O[C@H]21. The van der Waals surface area contributed by atoms with Crippen LogP contribution in [0.3, 0.4) is 0 Å². The summed E-state index contributed by atoms with van der Waals surface area (Å²) in [5.41, 5.74) is 0.995. The summed E-state index contributed by atoms with van der Waals surface area (Å²) in [6.07, 6.45) is -0.483. The van der Waals surface area contributed by atoms with Crippen molar-refractivity contribution >= 4 is 0 Å². The monoisotopic (exact) mass is 350 g/mol. The van der Waals surface area contributed by atoms with Crippen LogP contribution in [0.4, 0.5) is 0 Å². The number of benzene rings is 1. The zero-order chi connectivity index (χ0) is 18.0. The highest BCUT2D eigenvalue weighted by Gasteiger charge is 2.57. The van der Waals surface area contributed by atoms with E-state index in [1.54, 1.807) is 13.2 Å². The molecule has 5 atom stereocenters. The Morgan fingerprint density at radius 3 is 2.56 bits per heavy atom. The molecule has 0 bridgehead atoms. The Morgan fingerprint density at radius 2 is 1.92 bits per heavy atom. The summed E-state index contributed by atoms with van der Waals surface area (Å²) in [5, 5.41) is 10.3. The van der Waals surface area contributed by atoms with Gasteiger partial charge < -0.3 is 28.8 Å². The number of hydrogen-bond donors (Lipinski definition) is 1. The summed E-state index contributed by atoms with van der Waals surface area (Å²) in [5.74, 6) is 0.0651. The van der Waals surface area contributed by atoms with Crippen molar-refractivity contribution in [3.8, 4) is 5.75 Å². The maximum atomic E-state index is 10.3. The fraction of sp³-hybridized carbons (Fsp3) is 0.579. The predicted molar refractivity (Wildman–Crippen MR) is 91.1 cm³/mol. The number of aliphatic hydroxyl groups is 1. The number of fused-ring (bicyclic) bond motifs is 1. The smallest absolute Gasteiger partial charge is 0.187 e. The van der Waals surface area contributed by atoms with Crippen LogP contribution in [0.5, 0.6) is 5.75 Å². The highest BCUT2D eigenvalue weighted by Crippen LogP contribution is 2.40. The van der Waals surface area contributed by atoms with E-state index in [2.05, 4.69) is 6.58 Å². The van der Waals surface area contributed by atoms with Gasteiger partial charge in [0.15, 0.2) is 12.1 Å². The lowest BCUT2D eigenvalue weighted by Gasteiger charge is -2.26. The van der Waals surface area contributed by atoms with Crippen LogP contribution in [0.2, 0.25) is 0 Å². The minimum Gasteiger partial charge on any atom is -0.497 e. The summed E-state index contributed by atoms with van der Waals surface area (Å²) in [7, 11) is 1.63. The molecule has 1 aromatic carbocycles. The van der Waals surface area contributed by atoms with Crippen LogP contribution in [0.25, 0.3) is 0 Å². The molecule has 2 aliphatic heterocycles. The molecular weight excluding hydrogens is 324 g/mol. The Bertz CT molecular complexity index is 584.